The number of rotatable bonds is 8. The topological polar surface area (TPSA) is 168 Å². The standard InChI is InChI=1S/C23H20FN7O5S/c1-3-25-22(35)31-23-30-16-15(24)12(8-13(18(16)37-23)14-6-4-5-7-26-14)11-9-27-21(28-10-11)29-17(19(32)33)20(34)36-2/h4-10,17H,3H2,1-2H3,(H,32,33)(H,27,28,29)(H2,25,30,31,35). The number of aliphatic carboxylic acids is 1. The monoisotopic (exact) mass is 525 g/mol. The number of nitrogens with zero attached hydrogens (tertiary/aromatic N) is 4. The van der Waals surface area contributed by atoms with Crippen LogP contribution in [0.4, 0.5) is 20.3 Å². The highest BCUT2D eigenvalue weighted by Gasteiger charge is 2.28. The fourth-order valence-electron chi connectivity index (χ4n) is 3.34. The third-order valence-corrected chi connectivity index (χ3v) is 6.03. The number of benzene rings is 1. The van der Waals surface area contributed by atoms with Crippen LogP contribution in [-0.4, -0.2) is 62.7 Å². The number of carbonyl (C=O) groups is 3. The van der Waals surface area contributed by atoms with E-state index < -0.39 is 29.8 Å². The number of halogens is 1. The number of ether oxygens (including phenoxy) is 1. The van der Waals surface area contributed by atoms with Gasteiger partial charge in [-0.3, -0.25) is 10.3 Å². The lowest BCUT2D eigenvalue weighted by Gasteiger charge is -2.12. The zero-order valence-corrected chi connectivity index (χ0v) is 20.3. The molecule has 1 atom stereocenters. The number of carboxylic acids is 1. The summed E-state index contributed by atoms with van der Waals surface area (Å²) in [6, 6.07) is 4.69. The summed E-state index contributed by atoms with van der Waals surface area (Å²) in [7, 11) is 1.05. The van der Waals surface area contributed by atoms with Crippen LogP contribution in [0.25, 0.3) is 32.6 Å². The van der Waals surface area contributed by atoms with Crippen molar-refractivity contribution in [1.82, 2.24) is 25.3 Å². The molecule has 4 N–H and O–H groups in total. The number of hydrogen-bond acceptors (Lipinski definition) is 10. The summed E-state index contributed by atoms with van der Waals surface area (Å²) in [5, 5.41) is 17.0. The molecule has 0 radical (unpaired) electrons. The van der Waals surface area contributed by atoms with Crippen LogP contribution in [0, 0.1) is 5.82 Å². The van der Waals surface area contributed by atoms with Crippen LogP contribution in [0.15, 0.2) is 42.9 Å². The molecule has 190 valence electrons. The first-order valence-electron chi connectivity index (χ1n) is 10.8. The number of nitrogens with one attached hydrogen (secondary N) is 3. The second-order valence-electron chi connectivity index (χ2n) is 7.42. The van der Waals surface area contributed by atoms with Crippen molar-refractivity contribution in [2.45, 2.75) is 13.0 Å². The molecule has 1 unspecified atom stereocenters. The highest BCUT2D eigenvalue weighted by Crippen LogP contribution is 2.40. The van der Waals surface area contributed by atoms with Gasteiger partial charge in [0.2, 0.25) is 12.0 Å². The molecule has 3 heterocycles. The Hall–Kier alpha value is -4.72. The first kappa shape index (κ1) is 25.4. The van der Waals surface area contributed by atoms with Gasteiger partial charge in [-0.15, -0.1) is 0 Å². The maximum atomic E-state index is 15.7. The summed E-state index contributed by atoms with van der Waals surface area (Å²) in [6.07, 6.45) is 4.15. The minimum absolute atomic E-state index is 0.0220. The lowest BCUT2D eigenvalue weighted by Crippen LogP contribution is -2.38. The van der Waals surface area contributed by atoms with E-state index in [1.54, 1.807) is 37.4 Å². The lowest BCUT2D eigenvalue weighted by atomic mass is 10.0. The number of carboxylic acid groups (broad SMARTS) is 1. The van der Waals surface area contributed by atoms with E-state index in [4.69, 9.17) is 0 Å². The second-order valence-corrected chi connectivity index (χ2v) is 8.42. The average Bonchev–Trinajstić information content (AvgIpc) is 3.32. The highest BCUT2D eigenvalue weighted by atomic mass is 32.1. The molecule has 37 heavy (non-hydrogen) atoms. The number of thiazole rings is 1. The van der Waals surface area contributed by atoms with E-state index in [1.807, 2.05) is 0 Å². The SMILES string of the molecule is CCNC(=O)Nc1nc2c(F)c(-c3cnc(NC(C(=O)O)C(=O)OC)nc3)cc(-c3ccccn3)c2s1. The summed E-state index contributed by atoms with van der Waals surface area (Å²) in [4.78, 5) is 51.7. The Labute approximate surface area is 213 Å². The molecule has 0 aliphatic heterocycles. The third kappa shape index (κ3) is 5.43. The van der Waals surface area contributed by atoms with Gasteiger partial charge in [-0.2, -0.15) is 0 Å². The van der Waals surface area contributed by atoms with Crippen molar-refractivity contribution >= 4 is 50.6 Å². The molecule has 0 spiro atoms. The Kier molecular flexibility index (Phi) is 7.48. The molecule has 0 saturated carbocycles. The number of anilines is 2. The first-order chi connectivity index (χ1) is 17.8. The predicted octanol–water partition coefficient (Wildman–Crippen LogP) is 3.13. The zero-order valence-electron chi connectivity index (χ0n) is 19.5. The first-order valence-corrected chi connectivity index (χ1v) is 11.6. The maximum absolute atomic E-state index is 15.7. The largest absolute Gasteiger partial charge is 0.479 e. The van der Waals surface area contributed by atoms with Crippen molar-refractivity contribution in [3.63, 3.8) is 0 Å². The Morgan fingerprint density at radius 1 is 1.16 bits per heavy atom. The van der Waals surface area contributed by atoms with Crippen LogP contribution in [0.2, 0.25) is 0 Å². The normalized spacial score (nSPS) is 11.5. The van der Waals surface area contributed by atoms with Gasteiger partial charge in [-0.05, 0) is 25.1 Å². The summed E-state index contributed by atoms with van der Waals surface area (Å²) in [5.74, 6) is -3.35. The number of carbonyl (C=O) groups excluding carboxylic acids is 2. The van der Waals surface area contributed by atoms with Gasteiger partial charge in [0.25, 0.3) is 0 Å². The average molecular weight is 526 g/mol. The summed E-state index contributed by atoms with van der Waals surface area (Å²) < 4.78 is 20.6. The number of methoxy groups -OCH3 is 1. The maximum Gasteiger partial charge on any atom is 0.340 e. The minimum Gasteiger partial charge on any atom is -0.479 e. The Morgan fingerprint density at radius 3 is 2.54 bits per heavy atom. The highest BCUT2D eigenvalue weighted by molar-refractivity contribution is 7.22. The minimum atomic E-state index is -1.72. The molecule has 0 bridgehead atoms. The number of hydrogen-bond donors (Lipinski definition) is 4. The van der Waals surface area contributed by atoms with Crippen LogP contribution in [0.5, 0.6) is 0 Å². The van der Waals surface area contributed by atoms with Gasteiger partial charge in [0.05, 0.1) is 17.5 Å². The van der Waals surface area contributed by atoms with Crippen molar-refractivity contribution in [1.29, 1.82) is 0 Å². The van der Waals surface area contributed by atoms with E-state index in [9.17, 15) is 19.5 Å². The smallest absolute Gasteiger partial charge is 0.340 e. The van der Waals surface area contributed by atoms with Crippen molar-refractivity contribution in [2.75, 3.05) is 24.3 Å². The van der Waals surface area contributed by atoms with E-state index in [0.29, 0.717) is 22.5 Å². The molecule has 0 saturated heterocycles. The molecule has 4 aromatic rings. The fourth-order valence-corrected chi connectivity index (χ4v) is 4.32. The predicted molar refractivity (Wildman–Crippen MR) is 134 cm³/mol. The van der Waals surface area contributed by atoms with Crippen LogP contribution in [0.1, 0.15) is 6.92 Å². The van der Waals surface area contributed by atoms with Crippen molar-refractivity contribution in [3.8, 4) is 22.4 Å². The van der Waals surface area contributed by atoms with Gasteiger partial charge in [0, 0.05) is 41.8 Å². The van der Waals surface area contributed by atoms with Gasteiger partial charge in [0.1, 0.15) is 5.52 Å². The Bertz CT molecular complexity index is 1460. The summed E-state index contributed by atoms with van der Waals surface area (Å²) in [5.41, 5.74) is 1.53. The molecule has 12 nitrogen and oxygen atoms in total. The van der Waals surface area contributed by atoms with Crippen LogP contribution >= 0.6 is 11.3 Å². The zero-order chi connectivity index (χ0) is 26.5. The number of aromatic nitrogens is 4. The van der Waals surface area contributed by atoms with E-state index in [1.165, 1.54) is 12.4 Å². The molecule has 4 rings (SSSR count). The number of esters is 1. The van der Waals surface area contributed by atoms with Crippen LogP contribution in [0.3, 0.4) is 0 Å². The molecular weight excluding hydrogens is 505 g/mol. The third-order valence-electron chi connectivity index (χ3n) is 5.02. The van der Waals surface area contributed by atoms with E-state index in [2.05, 4.69) is 40.6 Å². The Morgan fingerprint density at radius 2 is 1.92 bits per heavy atom. The second kappa shape index (κ2) is 10.9. The Balaban J connectivity index is 1.77. The number of fused-ring (bicyclic) bond motifs is 1. The van der Waals surface area contributed by atoms with Crippen LogP contribution < -0.4 is 16.0 Å². The molecule has 0 aliphatic carbocycles. The quantitative estimate of drug-likeness (QED) is 0.198. The van der Waals surface area contributed by atoms with Crippen molar-refractivity contribution < 1.29 is 28.6 Å². The van der Waals surface area contributed by atoms with Crippen LogP contribution in [-0.2, 0) is 14.3 Å². The van der Waals surface area contributed by atoms with Gasteiger partial charge >= 0.3 is 18.0 Å². The molecule has 0 aliphatic rings. The summed E-state index contributed by atoms with van der Waals surface area (Å²) in [6.45, 7) is 2.18. The van der Waals surface area contributed by atoms with E-state index in [-0.39, 0.29) is 27.7 Å². The molecule has 3 aromatic heterocycles. The number of urea groups is 1. The van der Waals surface area contributed by atoms with Gasteiger partial charge < -0.3 is 20.5 Å². The molecule has 14 heteroatoms. The molecule has 2 amide bonds. The lowest BCUT2D eigenvalue weighted by molar-refractivity contribution is -0.150. The van der Waals surface area contributed by atoms with Gasteiger partial charge in [-0.1, -0.05) is 17.4 Å². The fraction of sp³-hybridized carbons (Fsp3) is 0.174. The molecule has 1 aromatic carbocycles. The summed E-state index contributed by atoms with van der Waals surface area (Å²) >= 11 is 1.10. The van der Waals surface area contributed by atoms with E-state index in [0.717, 1.165) is 18.4 Å². The number of amides is 2. The van der Waals surface area contributed by atoms with Gasteiger partial charge in [-0.25, -0.2) is 33.7 Å². The van der Waals surface area contributed by atoms with Crippen molar-refractivity contribution in [3.05, 3.63) is 48.7 Å². The molecular formula is C23H20FN7O5S. The van der Waals surface area contributed by atoms with E-state index >= 15 is 4.39 Å². The molecule has 0 fully saturated rings. The number of pyridine rings is 1. The van der Waals surface area contributed by atoms with Crippen molar-refractivity contribution in [2.24, 2.45) is 0 Å². The van der Waals surface area contributed by atoms with Gasteiger partial charge in [0.15, 0.2) is 10.9 Å².